The Kier molecular flexibility index (Phi) is 4.83. The van der Waals surface area contributed by atoms with Gasteiger partial charge in [-0.25, -0.2) is 0 Å². The molecule has 0 spiro atoms. The van der Waals surface area contributed by atoms with E-state index in [0.29, 0.717) is 0 Å². The first kappa shape index (κ1) is 14.4. The van der Waals surface area contributed by atoms with E-state index in [4.69, 9.17) is 4.74 Å². The van der Waals surface area contributed by atoms with E-state index >= 15 is 0 Å². The monoisotopic (exact) mass is 263 g/mol. The predicted octanol–water partition coefficient (Wildman–Crippen LogP) is 2.85. The number of likely N-dealkylation sites (tertiary alicyclic amines) is 1. The number of β-amino-alcohol motifs (C(OH)–C–C–N with tert-alkyl or cyclic N) is 1. The van der Waals surface area contributed by atoms with E-state index in [1.807, 2.05) is 38.1 Å². The average molecular weight is 263 g/mol. The number of rotatable bonds is 5. The summed E-state index contributed by atoms with van der Waals surface area (Å²) >= 11 is 0. The standard InChI is InChI=1S/C16H25NO2/c1-12(2)19-15-6-4-14(5-7-15)16(18)11-17-9-8-13(3)10-17/h4-7,12-13,16,18H,8-11H2,1-3H3. The Bertz CT molecular complexity index is 388. The molecule has 1 aliphatic rings. The third-order valence-corrected chi connectivity index (χ3v) is 3.58. The van der Waals surface area contributed by atoms with Gasteiger partial charge in [-0.15, -0.1) is 0 Å². The molecular formula is C16H25NO2. The highest BCUT2D eigenvalue weighted by Gasteiger charge is 2.21. The number of aliphatic hydroxyl groups excluding tert-OH is 1. The van der Waals surface area contributed by atoms with Crippen molar-refractivity contribution in [2.45, 2.75) is 39.4 Å². The molecule has 2 unspecified atom stereocenters. The Balaban J connectivity index is 1.90. The third kappa shape index (κ3) is 4.22. The number of nitrogens with zero attached hydrogens (tertiary/aromatic N) is 1. The molecule has 1 N–H and O–H groups in total. The zero-order valence-corrected chi connectivity index (χ0v) is 12.2. The second kappa shape index (κ2) is 6.40. The summed E-state index contributed by atoms with van der Waals surface area (Å²) in [7, 11) is 0. The maximum Gasteiger partial charge on any atom is 0.119 e. The summed E-state index contributed by atoms with van der Waals surface area (Å²) in [6.07, 6.45) is 1.02. The van der Waals surface area contributed by atoms with Gasteiger partial charge in [-0.3, -0.25) is 0 Å². The van der Waals surface area contributed by atoms with Crippen molar-refractivity contribution >= 4 is 0 Å². The highest BCUT2D eigenvalue weighted by atomic mass is 16.5. The molecule has 1 aliphatic heterocycles. The molecule has 1 saturated heterocycles. The number of ether oxygens (including phenoxy) is 1. The van der Waals surface area contributed by atoms with Gasteiger partial charge in [0.2, 0.25) is 0 Å². The average Bonchev–Trinajstić information content (AvgIpc) is 2.75. The van der Waals surface area contributed by atoms with Gasteiger partial charge in [0.25, 0.3) is 0 Å². The van der Waals surface area contributed by atoms with Gasteiger partial charge >= 0.3 is 0 Å². The largest absolute Gasteiger partial charge is 0.491 e. The summed E-state index contributed by atoms with van der Waals surface area (Å²) in [5, 5.41) is 10.3. The molecule has 3 heteroatoms. The molecule has 1 fully saturated rings. The summed E-state index contributed by atoms with van der Waals surface area (Å²) in [5.74, 6) is 1.62. The molecule has 106 valence electrons. The Morgan fingerprint density at radius 3 is 2.53 bits per heavy atom. The summed E-state index contributed by atoms with van der Waals surface area (Å²) in [6.45, 7) is 9.23. The van der Waals surface area contributed by atoms with Gasteiger partial charge in [-0.05, 0) is 50.4 Å². The van der Waals surface area contributed by atoms with Gasteiger partial charge in [-0.2, -0.15) is 0 Å². The van der Waals surface area contributed by atoms with Gasteiger partial charge < -0.3 is 14.7 Å². The molecule has 19 heavy (non-hydrogen) atoms. The Morgan fingerprint density at radius 1 is 1.32 bits per heavy atom. The van der Waals surface area contributed by atoms with Gasteiger partial charge in [0.05, 0.1) is 12.2 Å². The van der Waals surface area contributed by atoms with Crippen LogP contribution in [0.5, 0.6) is 5.75 Å². The number of hydrogen-bond acceptors (Lipinski definition) is 3. The van der Waals surface area contributed by atoms with Crippen LogP contribution in [0.3, 0.4) is 0 Å². The number of benzene rings is 1. The molecule has 0 aromatic heterocycles. The first-order valence-electron chi connectivity index (χ1n) is 7.21. The maximum atomic E-state index is 10.3. The lowest BCUT2D eigenvalue weighted by Crippen LogP contribution is -2.26. The fourth-order valence-corrected chi connectivity index (χ4v) is 2.58. The van der Waals surface area contributed by atoms with Crippen molar-refractivity contribution in [3.05, 3.63) is 29.8 Å². The van der Waals surface area contributed by atoms with Crippen LogP contribution in [0, 0.1) is 5.92 Å². The second-order valence-electron chi connectivity index (χ2n) is 5.90. The lowest BCUT2D eigenvalue weighted by molar-refractivity contribution is 0.124. The van der Waals surface area contributed by atoms with Crippen LogP contribution >= 0.6 is 0 Å². The lowest BCUT2D eigenvalue weighted by atomic mass is 10.1. The third-order valence-electron chi connectivity index (χ3n) is 3.58. The molecule has 0 aliphatic carbocycles. The Labute approximate surface area is 116 Å². The van der Waals surface area contributed by atoms with E-state index in [1.54, 1.807) is 0 Å². The smallest absolute Gasteiger partial charge is 0.119 e. The Morgan fingerprint density at radius 2 is 2.00 bits per heavy atom. The highest BCUT2D eigenvalue weighted by molar-refractivity contribution is 5.28. The summed E-state index contributed by atoms with van der Waals surface area (Å²) in [4.78, 5) is 2.34. The summed E-state index contributed by atoms with van der Waals surface area (Å²) in [5.41, 5.74) is 0.968. The quantitative estimate of drug-likeness (QED) is 0.886. The van der Waals surface area contributed by atoms with Crippen molar-refractivity contribution in [1.82, 2.24) is 4.90 Å². The van der Waals surface area contributed by atoms with Crippen LogP contribution in [0.4, 0.5) is 0 Å². The first-order valence-corrected chi connectivity index (χ1v) is 7.21. The number of hydrogen-bond donors (Lipinski definition) is 1. The van der Waals surface area contributed by atoms with Crippen molar-refractivity contribution in [1.29, 1.82) is 0 Å². The molecule has 2 atom stereocenters. The summed E-state index contributed by atoms with van der Waals surface area (Å²) < 4.78 is 5.60. The zero-order chi connectivity index (χ0) is 13.8. The van der Waals surface area contributed by atoms with E-state index in [1.165, 1.54) is 6.42 Å². The van der Waals surface area contributed by atoms with Crippen molar-refractivity contribution in [3.63, 3.8) is 0 Å². The van der Waals surface area contributed by atoms with E-state index < -0.39 is 6.10 Å². The zero-order valence-electron chi connectivity index (χ0n) is 12.2. The van der Waals surface area contributed by atoms with Gasteiger partial charge in [0.1, 0.15) is 5.75 Å². The molecule has 3 nitrogen and oxygen atoms in total. The molecule has 0 bridgehead atoms. The minimum atomic E-state index is -0.404. The van der Waals surface area contributed by atoms with Crippen LogP contribution in [0.1, 0.15) is 38.9 Å². The van der Waals surface area contributed by atoms with E-state index in [2.05, 4.69) is 11.8 Å². The van der Waals surface area contributed by atoms with Crippen LogP contribution in [0.2, 0.25) is 0 Å². The number of aliphatic hydroxyl groups is 1. The fraction of sp³-hybridized carbons (Fsp3) is 0.625. The van der Waals surface area contributed by atoms with Crippen molar-refractivity contribution < 1.29 is 9.84 Å². The molecule has 2 rings (SSSR count). The van der Waals surface area contributed by atoms with Gasteiger partial charge in [-0.1, -0.05) is 19.1 Å². The van der Waals surface area contributed by atoms with Gasteiger partial charge in [0.15, 0.2) is 0 Å². The van der Waals surface area contributed by atoms with Crippen molar-refractivity contribution in [3.8, 4) is 5.75 Å². The topological polar surface area (TPSA) is 32.7 Å². The van der Waals surface area contributed by atoms with E-state index in [9.17, 15) is 5.11 Å². The van der Waals surface area contributed by atoms with Crippen LogP contribution in [0.25, 0.3) is 0 Å². The van der Waals surface area contributed by atoms with Crippen molar-refractivity contribution in [2.24, 2.45) is 5.92 Å². The lowest BCUT2D eigenvalue weighted by Gasteiger charge is -2.20. The molecule has 0 saturated carbocycles. The summed E-state index contributed by atoms with van der Waals surface area (Å²) in [6, 6.07) is 7.79. The SMILES string of the molecule is CC1CCN(CC(O)c2ccc(OC(C)C)cc2)C1. The first-order chi connectivity index (χ1) is 9.04. The van der Waals surface area contributed by atoms with Crippen LogP contribution in [-0.4, -0.2) is 35.7 Å². The van der Waals surface area contributed by atoms with Crippen molar-refractivity contribution in [2.75, 3.05) is 19.6 Å². The molecule has 1 aromatic carbocycles. The normalized spacial score (nSPS) is 21.8. The van der Waals surface area contributed by atoms with Gasteiger partial charge in [0, 0.05) is 13.1 Å². The Hall–Kier alpha value is -1.06. The van der Waals surface area contributed by atoms with Crippen LogP contribution in [-0.2, 0) is 0 Å². The molecule has 1 aromatic rings. The predicted molar refractivity (Wildman–Crippen MR) is 77.4 cm³/mol. The molecule has 0 amide bonds. The highest BCUT2D eigenvalue weighted by Crippen LogP contribution is 2.22. The fourth-order valence-electron chi connectivity index (χ4n) is 2.58. The minimum absolute atomic E-state index is 0.182. The van der Waals surface area contributed by atoms with E-state index in [0.717, 1.165) is 36.9 Å². The molecule has 1 heterocycles. The van der Waals surface area contributed by atoms with E-state index in [-0.39, 0.29) is 6.10 Å². The minimum Gasteiger partial charge on any atom is -0.491 e. The van der Waals surface area contributed by atoms with Crippen LogP contribution < -0.4 is 4.74 Å². The maximum absolute atomic E-state index is 10.3. The second-order valence-corrected chi connectivity index (χ2v) is 5.90. The van der Waals surface area contributed by atoms with Crippen LogP contribution in [0.15, 0.2) is 24.3 Å². The molecular weight excluding hydrogens is 238 g/mol. The molecule has 0 radical (unpaired) electrons.